The average molecular weight is 336 g/mol. The molecule has 3 aromatic rings. The van der Waals surface area contributed by atoms with Gasteiger partial charge in [0, 0.05) is 11.1 Å². The van der Waals surface area contributed by atoms with E-state index in [0.717, 1.165) is 5.56 Å². The van der Waals surface area contributed by atoms with Crippen LogP contribution in [0.5, 0.6) is 11.6 Å². The van der Waals surface area contributed by atoms with Crippen LogP contribution in [0.4, 0.5) is 0 Å². The van der Waals surface area contributed by atoms with Crippen molar-refractivity contribution in [3.63, 3.8) is 0 Å². The smallest absolute Gasteiger partial charge is 0.232 e. The fourth-order valence-corrected chi connectivity index (χ4v) is 3.01. The lowest BCUT2D eigenvalue weighted by Gasteiger charge is -2.10. The minimum atomic E-state index is -0.503. The quantitative estimate of drug-likeness (QED) is 0.792. The summed E-state index contributed by atoms with van der Waals surface area (Å²) in [4.78, 5) is 16.1. The Bertz CT molecular complexity index is 992. The summed E-state index contributed by atoms with van der Waals surface area (Å²) in [6.07, 6.45) is 0. The molecular formula is C18H12N2O3S. The molecule has 0 saturated carbocycles. The molecule has 0 aliphatic heterocycles. The number of nitriles is 1. The minimum Gasteiger partial charge on any atom is -0.504 e. The fraction of sp³-hybridized carbons (Fsp3) is 0.0556. The topological polar surface area (TPSA) is 83.2 Å². The monoisotopic (exact) mass is 336 g/mol. The molecule has 0 saturated heterocycles. The molecule has 1 aromatic carbocycles. The van der Waals surface area contributed by atoms with Gasteiger partial charge in [0.05, 0.1) is 12.8 Å². The number of hydrogen-bond donors (Lipinski definition) is 1. The van der Waals surface area contributed by atoms with Gasteiger partial charge < -0.3 is 9.84 Å². The third kappa shape index (κ3) is 2.73. The highest BCUT2D eigenvalue weighted by molar-refractivity contribution is 7.08. The van der Waals surface area contributed by atoms with Crippen molar-refractivity contribution in [2.24, 2.45) is 0 Å². The van der Waals surface area contributed by atoms with Crippen molar-refractivity contribution in [1.29, 1.82) is 5.26 Å². The van der Waals surface area contributed by atoms with Gasteiger partial charge >= 0.3 is 0 Å². The number of pyridine rings is 1. The standard InChI is InChI=1S/C18H12N2O3S/c1-23-18-14(9-19)13(11-6-7-24-10-11)8-15(20-18)12-4-2-3-5-16(21)17(12)22/h2-8,10H,1H3,(H,21,22). The number of aromatic nitrogens is 1. The van der Waals surface area contributed by atoms with E-state index in [-0.39, 0.29) is 11.4 Å². The van der Waals surface area contributed by atoms with Crippen molar-refractivity contribution in [1.82, 2.24) is 4.98 Å². The zero-order chi connectivity index (χ0) is 17.1. The number of ether oxygens (including phenoxy) is 1. The maximum absolute atomic E-state index is 11.8. The normalized spacial score (nSPS) is 10.2. The maximum atomic E-state index is 11.8. The maximum Gasteiger partial charge on any atom is 0.232 e. The van der Waals surface area contributed by atoms with Gasteiger partial charge in [0.25, 0.3) is 0 Å². The summed E-state index contributed by atoms with van der Waals surface area (Å²) in [5, 5.41) is 23.4. The number of thiophene rings is 1. The third-order valence-electron chi connectivity index (χ3n) is 3.51. The Morgan fingerprint density at radius 1 is 1.25 bits per heavy atom. The molecule has 2 heterocycles. The molecule has 118 valence electrons. The second-order valence-electron chi connectivity index (χ2n) is 4.91. The Kier molecular flexibility index (Phi) is 4.27. The number of hydrogen-bond acceptors (Lipinski definition) is 6. The van der Waals surface area contributed by atoms with E-state index in [4.69, 9.17) is 4.74 Å². The Morgan fingerprint density at radius 3 is 2.71 bits per heavy atom. The summed E-state index contributed by atoms with van der Waals surface area (Å²) >= 11 is 1.50. The zero-order valence-electron chi connectivity index (χ0n) is 12.7. The first kappa shape index (κ1) is 15.7. The molecule has 0 aliphatic rings. The van der Waals surface area contributed by atoms with Crippen molar-refractivity contribution < 1.29 is 9.84 Å². The van der Waals surface area contributed by atoms with Crippen molar-refractivity contribution >= 4 is 11.3 Å². The van der Waals surface area contributed by atoms with Crippen molar-refractivity contribution in [3.8, 4) is 40.1 Å². The lowest BCUT2D eigenvalue weighted by molar-refractivity contribution is 0.397. The van der Waals surface area contributed by atoms with E-state index in [1.807, 2.05) is 16.8 Å². The molecular weight excluding hydrogens is 324 g/mol. The fourth-order valence-electron chi connectivity index (χ4n) is 2.35. The second-order valence-corrected chi connectivity index (χ2v) is 5.69. The first-order valence-corrected chi connectivity index (χ1v) is 7.94. The highest BCUT2D eigenvalue weighted by Gasteiger charge is 2.17. The molecule has 0 spiro atoms. The van der Waals surface area contributed by atoms with Crippen LogP contribution in [-0.4, -0.2) is 17.2 Å². The molecule has 2 aromatic heterocycles. The summed E-state index contributed by atoms with van der Waals surface area (Å²) in [5.41, 5.74) is 1.93. The molecule has 0 bridgehead atoms. The summed E-state index contributed by atoms with van der Waals surface area (Å²) in [6.45, 7) is 0. The Hall–Kier alpha value is -3.17. The highest BCUT2D eigenvalue weighted by Crippen LogP contribution is 2.35. The van der Waals surface area contributed by atoms with Gasteiger partial charge in [-0.3, -0.25) is 4.79 Å². The van der Waals surface area contributed by atoms with Crippen LogP contribution in [-0.2, 0) is 0 Å². The van der Waals surface area contributed by atoms with Gasteiger partial charge in [-0.25, -0.2) is 4.98 Å². The molecule has 0 atom stereocenters. The van der Waals surface area contributed by atoms with Crippen LogP contribution in [0.1, 0.15) is 5.56 Å². The summed E-state index contributed by atoms with van der Waals surface area (Å²) in [6, 6.07) is 11.7. The molecule has 24 heavy (non-hydrogen) atoms. The zero-order valence-corrected chi connectivity index (χ0v) is 13.5. The lowest BCUT2D eigenvalue weighted by atomic mass is 10.0. The van der Waals surface area contributed by atoms with Crippen molar-refractivity contribution in [2.75, 3.05) is 7.11 Å². The van der Waals surface area contributed by atoms with E-state index in [1.54, 1.807) is 24.3 Å². The summed E-state index contributed by atoms with van der Waals surface area (Å²) in [5.74, 6) is -0.245. The predicted molar refractivity (Wildman–Crippen MR) is 92.2 cm³/mol. The predicted octanol–water partition coefficient (Wildman–Crippen LogP) is 3.42. The van der Waals surface area contributed by atoms with E-state index in [9.17, 15) is 15.2 Å². The molecule has 5 nitrogen and oxygen atoms in total. The van der Waals surface area contributed by atoms with E-state index in [2.05, 4.69) is 11.1 Å². The third-order valence-corrected chi connectivity index (χ3v) is 4.19. The van der Waals surface area contributed by atoms with E-state index >= 15 is 0 Å². The molecule has 0 amide bonds. The van der Waals surface area contributed by atoms with Gasteiger partial charge in [-0.2, -0.15) is 16.6 Å². The van der Waals surface area contributed by atoms with E-state index in [0.29, 0.717) is 16.8 Å². The van der Waals surface area contributed by atoms with Gasteiger partial charge in [0.1, 0.15) is 11.6 Å². The largest absolute Gasteiger partial charge is 0.504 e. The lowest BCUT2D eigenvalue weighted by Crippen LogP contribution is -1.99. The molecule has 0 aliphatic carbocycles. The molecule has 0 unspecified atom stereocenters. The van der Waals surface area contributed by atoms with Gasteiger partial charge in [-0.05, 0) is 40.6 Å². The van der Waals surface area contributed by atoms with Crippen molar-refractivity contribution in [2.45, 2.75) is 0 Å². The Morgan fingerprint density at radius 2 is 2.04 bits per heavy atom. The van der Waals surface area contributed by atoms with Crippen molar-refractivity contribution in [3.05, 3.63) is 62.9 Å². The summed E-state index contributed by atoms with van der Waals surface area (Å²) in [7, 11) is 1.42. The molecule has 6 heteroatoms. The molecule has 1 N–H and O–H groups in total. The van der Waals surface area contributed by atoms with Crippen LogP contribution < -0.4 is 10.2 Å². The van der Waals surface area contributed by atoms with Gasteiger partial charge in [0.2, 0.25) is 11.3 Å². The minimum absolute atomic E-state index is 0.148. The van der Waals surface area contributed by atoms with Crippen LogP contribution in [0, 0.1) is 11.3 Å². The first-order chi connectivity index (χ1) is 11.7. The summed E-state index contributed by atoms with van der Waals surface area (Å²) < 4.78 is 5.24. The van der Waals surface area contributed by atoms with Crippen LogP contribution >= 0.6 is 11.3 Å². The first-order valence-electron chi connectivity index (χ1n) is 7.00. The van der Waals surface area contributed by atoms with Gasteiger partial charge in [-0.1, -0.05) is 12.1 Å². The SMILES string of the molecule is COc1nc(-c2ccccc(=O)c2O)cc(-c2ccsc2)c1C#N. The van der Waals surface area contributed by atoms with Crippen LogP contribution in [0.3, 0.4) is 0 Å². The number of methoxy groups -OCH3 is 1. The van der Waals surface area contributed by atoms with Crippen LogP contribution in [0.15, 0.2) is 52.0 Å². The highest BCUT2D eigenvalue weighted by atomic mass is 32.1. The average Bonchev–Trinajstić information content (AvgIpc) is 3.08. The number of rotatable bonds is 3. The van der Waals surface area contributed by atoms with Crippen LogP contribution in [0.2, 0.25) is 0 Å². The van der Waals surface area contributed by atoms with Crippen LogP contribution in [0.25, 0.3) is 22.4 Å². The Balaban J connectivity index is 2.35. The van der Waals surface area contributed by atoms with E-state index in [1.165, 1.54) is 24.5 Å². The molecule has 3 rings (SSSR count). The molecule has 0 radical (unpaired) electrons. The number of aromatic hydroxyl groups is 1. The second kappa shape index (κ2) is 6.52. The van der Waals surface area contributed by atoms with E-state index < -0.39 is 11.2 Å². The number of nitrogens with zero attached hydrogens (tertiary/aromatic N) is 2. The molecule has 0 fully saturated rings. The van der Waals surface area contributed by atoms with Gasteiger partial charge in [-0.15, -0.1) is 0 Å². The van der Waals surface area contributed by atoms with Gasteiger partial charge in [0.15, 0.2) is 5.75 Å². The Labute approximate surface area is 142 Å².